The summed E-state index contributed by atoms with van der Waals surface area (Å²) in [7, 11) is 1.56. The second kappa shape index (κ2) is 11.9. The highest BCUT2D eigenvalue weighted by atomic mass is 35.5. The molecule has 0 spiro atoms. The van der Waals surface area contributed by atoms with Crippen molar-refractivity contribution in [2.24, 2.45) is 4.99 Å². The van der Waals surface area contributed by atoms with Gasteiger partial charge in [-0.3, -0.25) is 14.5 Å². The van der Waals surface area contributed by atoms with E-state index in [-0.39, 0.29) is 29.7 Å². The Bertz CT molecular complexity index is 1330. The molecular weight excluding hydrogens is 539 g/mol. The molecule has 0 bridgehead atoms. The number of methoxy groups -OCH3 is 1. The smallest absolute Gasteiger partial charge is 0.416 e. The Kier molecular flexibility index (Phi) is 8.63. The van der Waals surface area contributed by atoms with Crippen molar-refractivity contribution in [1.82, 2.24) is 4.90 Å². The molecule has 3 aromatic rings. The SMILES string of the molecule is COc1ccc(CCN2C(=O)CC(C(=O)Nc3ccc(Cl)cc3)SC2=Nc2cccc(C(F)(F)F)c2)cc1. The second-order valence-electron chi connectivity index (χ2n) is 8.39. The first kappa shape index (κ1) is 27.5. The van der Waals surface area contributed by atoms with Crippen LogP contribution in [0.25, 0.3) is 0 Å². The van der Waals surface area contributed by atoms with Gasteiger partial charge in [0, 0.05) is 23.7 Å². The maximum atomic E-state index is 13.3. The molecule has 0 radical (unpaired) electrons. The lowest BCUT2D eigenvalue weighted by Gasteiger charge is -2.32. The second-order valence-corrected chi connectivity index (χ2v) is 10.00. The minimum Gasteiger partial charge on any atom is -0.497 e. The van der Waals surface area contributed by atoms with Gasteiger partial charge in [0.05, 0.1) is 18.4 Å². The number of thioether (sulfide) groups is 1. The van der Waals surface area contributed by atoms with Crippen molar-refractivity contribution in [1.29, 1.82) is 0 Å². The molecule has 0 saturated carbocycles. The van der Waals surface area contributed by atoms with Gasteiger partial charge in [0.15, 0.2) is 5.17 Å². The highest BCUT2D eigenvalue weighted by molar-refractivity contribution is 8.15. The van der Waals surface area contributed by atoms with E-state index in [9.17, 15) is 22.8 Å². The minimum atomic E-state index is -4.54. The molecule has 6 nitrogen and oxygen atoms in total. The molecule has 1 saturated heterocycles. The third kappa shape index (κ3) is 7.08. The fraction of sp³-hybridized carbons (Fsp3) is 0.222. The molecule has 1 atom stereocenters. The van der Waals surface area contributed by atoms with Crippen LogP contribution in [-0.2, 0) is 22.2 Å². The minimum absolute atomic E-state index is 0.0309. The molecule has 1 fully saturated rings. The maximum absolute atomic E-state index is 13.3. The van der Waals surface area contributed by atoms with E-state index in [0.29, 0.717) is 22.9 Å². The fourth-order valence-electron chi connectivity index (χ4n) is 3.71. The first-order chi connectivity index (χ1) is 18.1. The van der Waals surface area contributed by atoms with Gasteiger partial charge in [-0.2, -0.15) is 13.2 Å². The Morgan fingerprint density at radius 2 is 1.84 bits per heavy atom. The molecular formula is C27H23ClF3N3O3S. The van der Waals surface area contributed by atoms with Crippen molar-refractivity contribution >= 4 is 51.7 Å². The van der Waals surface area contributed by atoms with Crippen molar-refractivity contribution in [2.75, 3.05) is 19.0 Å². The number of carbonyl (C=O) groups excluding carboxylic acids is 2. The summed E-state index contributed by atoms with van der Waals surface area (Å²) in [6.07, 6.45) is -4.16. The summed E-state index contributed by atoms with van der Waals surface area (Å²) >= 11 is 6.94. The maximum Gasteiger partial charge on any atom is 0.416 e. The number of benzene rings is 3. The van der Waals surface area contributed by atoms with Crippen LogP contribution in [0.2, 0.25) is 5.02 Å². The van der Waals surface area contributed by atoms with E-state index in [0.717, 1.165) is 29.5 Å². The first-order valence-corrected chi connectivity index (χ1v) is 12.8. The molecule has 198 valence electrons. The quantitative estimate of drug-likeness (QED) is 0.354. The molecule has 1 N–H and O–H groups in total. The Labute approximate surface area is 226 Å². The number of anilines is 1. The van der Waals surface area contributed by atoms with Gasteiger partial charge >= 0.3 is 6.18 Å². The lowest BCUT2D eigenvalue weighted by atomic mass is 10.1. The van der Waals surface area contributed by atoms with Gasteiger partial charge in [-0.25, -0.2) is 4.99 Å². The van der Waals surface area contributed by atoms with E-state index in [4.69, 9.17) is 16.3 Å². The van der Waals surface area contributed by atoms with Gasteiger partial charge in [-0.15, -0.1) is 0 Å². The molecule has 1 aliphatic heterocycles. The molecule has 4 rings (SSSR count). The van der Waals surface area contributed by atoms with Crippen LogP contribution in [0.3, 0.4) is 0 Å². The largest absolute Gasteiger partial charge is 0.497 e. The van der Waals surface area contributed by atoms with E-state index in [1.807, 2.05) is 12.1 Å². The fourth-order valence-corrected chi connectivity index (χ4v) is 4.96. The molecule has 3 aromatic carbocycles. The van der Waals surface area contributed by atoms with Gasteiger partial charge < -0.3 is 10.1 Å². The lowest BCUT2D eigenvalue weighted by molar-refractivity contribution is -0.137. The van der Waals surface area contributed by atoms with E-state index in [1.54, 1.807) is 43.5 Å². The van der Waals surface area contributed by atoms with Crippen molar-refractivity contribution in [2.45, 2.75) is 24.3 Å². The number of aliphatic imine (C=N–C) groups is 1. The Morgan fingerprint density at radius 3 is 2.50 bits per heavy atom. The van der Waals surface area contributed by atoms with Crippen molar-refractivity contribution in [3.63, 3.8) is 0 Å². The zero-order chi connectivity index (χ0) is 27.3. The standard InChI is InChI=1S/C27H23ClF3N3O3S/c1-37-22-11-5-17(6-12-22)13-14-34-24(35)16-23(25(36)32-20-9-7-19(28)8-10-20)38-26(34)33-21-4-2-3-18(15-21)27(29,30)31/h2-12,15,23H,13-14,16H2,1H3,(H,32,36). The average Bonchev–Trinajstić information content (AvgIpc) is 2.89. The predicted octanol–water partition coefficient (Wildman–Crippen LogP) is 6.57. The van der Waals surface area contributed by atoms with Crippen LogP contribution >= 0.6 is 23.4 Å². The van der Waals surface area contributed by atoms with Crippen molar-refractivity contribution in [3.8, 4) is 5.75 Å². The summed E-state index contributed by atoms with van der Waals surface area (Å²) in [6.45, 7) is 0.238. The normalized spacial score (nSPS) is 17.0. The number of hydrogen-bond acceptors (Lipinski definition) is 5. The van der Waals surface area contributed by atoms with Crippen molar-refractivity contribution < 1.29 is 27.5 Å². The van der Waals surface area contributed by atoms with Crippen molar-refractivity contribution in [3.05, 3.63) is 88.9 Å². The molecule has 38 heavy (non-hydrogen) atoms. The topological polar surface area (TPSA) is 71.0 Å². The molecule has 0 aliphatic carbocycles. The number of amides is 2. The predicted molar refractivity (Wildman–Crippen MR) is 143 cm³/mol. The summed E-state index contributed by atoms with van der Waals surface area (Å²) in [6, 6.07) is 18.4. The number of nitrogens with zero attached hydrogens (tertiary/aromatic N) is 2. The van der Waals surface area contributed by atoms with Gasteiger partial charge in [0.1, 0.15) is 11.0 Å². The van der Waals surface area contributed by atoms with Gasteiger partial charge in [0.25, 0.3) is 0 Å². The van der Waals surface area contributed by atoms with Crippen LogP contribution in [0.4, 0.5) is 24.5 Å². The third-order valence-electron chi connectivity index (χ3n) is 5.73. The summed E-state index contributed by atoms with van der Waals surface area (Å²) in [4.78, 5) is 32.0. The molecule has 11 heteroatoms. The zero-order valence-electron chi connectivity index (χ0n) is 20.2. The van der Waals surface area contributed by atoms with Crippen LogP contribution in [-0.4, -0.2) is 40.8 Å². The van der Waals surface area contributed by atoms with E-state index < -0.39 is 22.9 Å². The van der Waals surface area contributed by atoms with E-state index in [1.165, 1.54) is 17.0 Å². The molecule has 1 unspecified atom stereocenters. The monoisotopic (exact) mass is 561 g/mol. The Hall–Kier alpha value is -3.50. The average molecular weight is 562 g/mol. The van der Waals surface area contributed by atoms with Gasteiger partial charge in [-0.05, 0) is 66.6 Å². The zero-order valence-corrected chi connectivity index (χ0v) is 21.7. The van der Waals surface area contributed by atoms with Gasteiger partial charge in [0.2, 0.25) is 11.8 Å². The number of alkyl halides is 3. The summed E-state index contributed by atoms with van der Waals surface area (Å²) in [5.74, 6) is -0.0730. The summed E-state index contributed by atoms with van der Waals surface area (Å²) in [5.41, 5.74) is 0.618. The first-order valence-electron chi connectivity index (χ1n) is 11.5. The number of hydrogen-bond donors (Lipinski definition) is 1. The number of nitrogens with one attached hydrogen (secondary N) is 1. The highest BCUT2D eigenvalue weighted by Crippen LogP contribution is 2.34. The Morgan fingerprint density at radius 1 is 1.13 bits per heavy atom. The number of ether oxygens (including phenoxy) is 1. The summed E-state index contributed by atoms with van der Waals surface area (Å²) in [5, 5.41) is 2.60. The van der Waals surface area contributed by atoms with Crippen LogP contribution in [0.15, 0.2) is 77.8 Å². The molecule has 0 aromatic heterocycles. The number of amidine groups is 1. The highest BCUT2D eigenvalue weighted by Gasteiger charge is 2.36. The third-order valence-corrected chi connectivity index (χ3v) is 7.16. The lowest BCUT2D eigenvalue weighted by Crippen LogP contribution is -2.46. The van der Waals surface area contributed by atoms with Crippen LogP contribution in [0.1, 0.15) is 17.5 Å². The number of halogens is 4. The summed E-state index contributed by atoms with van der Waals surface area (Å²) < 4.78 is 44.9. The van der Waals surface area contributed by atoms with Crippen LogP contribution < -0.4 is 10.1 Å². The Balaban J connectivity index is 1.58. The van der Waals surface area contributed by atoms with Gasteiger partial charge in [-0.1, -0.05) is 41.6 Å². The molecule has 1 aliphatic rings. The number of rotatable bonds is 7. The molecule has 1 heterocycles. The van der Waals surface area contributed by atoms with E-state index >= 15 is 0 Å². The van der Waals surface area contributed by atoms with Crippen LogP contribution in [0.5, 0.6) is 5.75 Å². The number of carbonyl (C=O) groups is 2. The van der Waals surface area contributed by atoms with Crippen LogP contribution in [0, 0.1) is 0 Å². The molecule has 2 amide bonds. The van der Waals surface area contributed by atoms with E-state index in [2.05, 4.69) is 10.3 Å².